The van der Waals surface area contributed by atoms with Gasteiger partial charge < -0.3 is 10.6 Å². The second-order valence-electron chi connectivity index (χ2n) is 8.93. The van der Waals surface area contributed by atoms with Crippen LogP contribution in [0.5, 0.6) is 0 Å². The van der Waals surface area contributed by atoms with Crippen molar-refractivity contribution >= 4 is 11.8 Å². The lowest BCUT2D eigenvalue weighted by Gasteiger charge is -2.28. The van der Waals surface area contributed by atoms with Crippen molar-refractivity contribution < 1.29 is 9.59 Å². The number of nitrogens with zero attached hydrogens (tertiary/aromatic N) is 2. The average molecular weight is 365 g/mol. The summed E-state index contributed by atoms with van der Waals surface area (Å²) in [6, 6.07) is 0.488. The maximum Gasteiger partial charge on any atom is 0.249 e. The molecule has 2 amide bonds. The molecule has 0 aromatic rings. The molecule has 2 rings (SSSR count). The van der Waals surface area contributed by atoms with Gasteiger partial charge in [0.05, 0.1) is 0 Å². The summed E-state index contributed by atoms with van der Waals surface area (Å²) in [4.78, 5) is 25.1. The topological polar surface area (TPSA) is 82.9 Å². The molecule has 0 unspecified atom stereocenters. The van der Waals surface area contributed by atoms with Crippen LogP contribution in [0.2, 0.25) is 0 Å². The fraction of sp³-hybridized carbons (Fsp3) is 0.900. The number of amides is 2. The fourth-order valence-corrected chi connectivity index (χ4v) is 3.56. The Morgan fingerprint density at radius 2 is 0.962 bits per heavy atom. The van der Waals surface area contributed by atoms with Crippen LogP contribution in [0.1, 0.15) is 91.9 Å². The van der Waals surface area contributed by atoms with Gasteiger partial charge in [0, 0.05) is 12.1 Å². The molecule has 6 heteroatoms. The molecule has 0 heterocycles. The molecule has 0 bridgehead atoms. The number of hydrogen-bond acceptors (Lipinski definition) is 4. The molecule has 0 atom stereocenters. The van der Waals surface area contributed by atoms with Gasteiger partial charge in [-0.1, -0.05) is 38.5 Å². The Hall–Kier alpha value is -1.46. The lowest BCUT2D eigenvalue weighted by Crippen LogP contribution is -2.48. The standard InChI is InChI=1S/C20H36N4O2/c1-19(2,17(25)21-15-11-7-5-8-12-15)23-24-20(3,4)18(26)22-16-13-9-6-10-14-16/h15-16H,5-14H2,1-4H3,(H,21,25)(H,22,26)/b24-23+. The summed E-state index contributed by atoms with van der Waals surface area (Å²) in [5.41, 5.74) is -1.94. The minimum absolute atomic E-state index is 0.114. The molecule has 2 N–H and O–H groups in total. The van der Waals surface area contributed by atoms with Crippen LogP contribution in [-0.2, 0) is 9.59 Å². The van der Waals surface area contributed by atoms with E-state index in [9.17, 15) is 9.59 Å². The quantitative estimate of drug-likeness (QED) is 0.701. The monoisotopic (exact) mass is 364 g/mol. The summed E-state index contributed by atoms with van der Waals surface area (Å²) >= 11 is 0. The van der Waals surface area contributed by atoms with Gasteiger partial charge in [-0.2, -0.15) is 10.2 Å². The van der Waals surface area contributed by atoms with Crippen molar-refractivity contribution in [3.05, 3.63) is 0 Å². The molecule has 2 fully saturated rings. The zero-order chi connectivity index (χ0) is 19.2. The van der Waals surface area contributed by atoms with Crippen molar-refractivity contribution in [1.29, 1.82) is 0 Å². The minimum atomic E-state index is -0.972. The van der Waals surface area contributed by atoms with Gasteiger partial charge in [0.1, 0.15) is 0 Å². The number of azo groups is 1. The summed E-state index contributed by atoms with van der Waals surface area (Å²) in [5, 5.41) is 14.7. The molecule has 6 nitrogen and oxygen atoms in total. The SMILES string of the molecule is CC(C)(/N=N/C(C)(C)C(=O)NC1CCCCC1)C(=O)NC1CCCCC1. The summed E-state index contributed by atoms with van der Waals surface area (Å²) < 4.78 is 0. The van der Waals surface area contributed by atoms with Gasteiger partial charge >= 0.3 is 0 Å². The van der Waals surface area contributed by atoms with Crippen LogP contribution in [0.4, 0.5) is 0 Å². The smallest absolute Gasteiger partial charge is 0.249 e. The van der Waals surface area contributed by atoms with E-state index in [2.05, 4.69) is 20.9 Å². The second-order valence-corrected chi connectivity index (χ2v) is 8.93. The van der Waals surface area contributed by atoms with Gasteiger partial charge in [0.15, 0.2) is 11.1 Å². The highest BCUT2D eigenvalue weighted by molar-refractivity contribution is 5.87. The molecule has 2 aliphatic rings. The average Bonchev–Trinajstić information content (AvgIpc) is 2.62. The van der Waals surface area contributed by atoms with E-state index in [4.69, 9.17) is 0 Å². The number of carbonyl (C=O) groups excluding carboxylic acids is 2. The van der Waals surface area contributed by atoms with E-state index in [0.717, 1.165) is 25.7 Å². The summed E-state index contributed by atoms with van der Waals surface area (Å²) in [7, 11) is 0. The van der Waals surface area contributed by atoms with Gasteiger partial charge in [-0.15, -0.1) is 0 Å². The van der Waals surface area contributed by atoms with E-state index in [1.807, 2.05) is 0 Å². The number of nitrogens with one attached hydrogen (secondary N) is 2. The van der Waals surface area contributed by atoms with Gasteiger partial charge in [-0.25, -0.2) is 0 Å². The Bertz CT molecular complexity index is 470. The van der Waals surface area contributed by atoms with E-state index in [-0.39, 0.29) is 23.9 Å². The third-order valence-corrected chi connectivity index (χ3v) is 5.54. The molecule has 0 spiro atoms. The number of rotatable bonds is 6. The highest BCUT2D eigenvalue weighted by Crippen LogP contribution is 2.22. The van der Waals surface area contributed by atoms with Crippen molar-refractivity contribution in [3.63, 3.8) is 0 Å². The highest BCUT2D eigenvalue weighted by atomic mass is 16.2. The van der Waals surface area contributed by atoms with E-state index in [1.165, 1.54) is 38.5 Å². The van der Waals surface area contributed by atoms with E-state index in [1.54, 1.807) is 27.7 Å². The van der Waals surface area contributed by atoms with Crippen molar-refractivity contribution in [3.8, 4) is 0 Å². The van der Waals surface area contributed by atoms with Crippen LogP contribution in [0.15, 0.2) is 10.2 Å². The Morgan fingerprint density at radius 3 is 1.27 bits per heavy atom. The largest absolute Gasteiger partial charge is 0.351 e. The molecular weight excluding hydrogens is 328 g/mol. The van der Waals surface area contributed by atoms with Crippen molar-refractivity contribution in [2.45, 2.75) is 115 Å². The third-order valence-electron chi connectivity index (χ3n) is 5.54. The van der Waals surface area contributed by atoms with Gasteiger partial charge in [-0.05, 0) is 53.4 Å². The molecule has 0 saturated heterocycles. The zero-order valence-electron chi connectivity index (χ0n) is 16.9. The summed E-state index contributed by atoms with van der Waals surface area (Å²) in [5.74, 6) is -0.228. The fourth-order valence-electron chi connectivity index (χ4n) is 3.56. The predicted molar refractivity (Wildman–Crippen MR) is 103 cm³/mol. The molecule has 26 heavy (non-hydrogen) atoms. The van der Waals surface area contributed by atoms with Crippen molar-refractivity contribution in [1.82, 2.24) is 10.6 Å². The molecule has 0 aromatic carbocycles. The Balaban J connectivity index is 1.90. The third kappa shape index (κ3) is 6.06. The van der Waals surface area contributed by atoms with Crippen LogP contribution in [0.3, 0.4) is 0 Å². The molecule has 2 aliphatic carbocycles. The maximum atomic E-state index is 12.6. The molecule has 2 saturated carbocycles. The van der Waals surface area contributed by atoms with Gasteiger partial charge in [0.2, 0.25) is 11.8 Å². The number of hydrogen-bond donors (Lipinski definition) is 2. The van der Waals surface area contributed by atoms with Crippen LogP contribution >= 0.6 is 0 Å². The Kier molecular flexibility index (Phi) is 7.18. The van der Waals surface area contributed by atoms with Crippen LogP contribution in [0, 0.1) is 0 Å². The lowest BCUT2D eigenvalue weighted by atomic mass is 9.94. The Morgan fingerprint density at radius 1 is 0.654 bits per heavy atom. The van der Waals surface area contributed by atoms with Crippen LogP contribution in [-0.4, -0.2) is 35.0 Å². The minimum Gasteiger partial charge on any atom is -0.351 e. The summed E-state index contributed by atoms with van der Waals surface area (Å²) in [6.45, 7) is 7.01. The first kappa shape index (κ1) is 20.8. The maximum absolute atomic E-state index is 12.6. The summed E-state index contributed by atoms with van der Waals surface area (Å²) in [6.07, 6.45) is 11.3. The molecule has 0 radical (unpaired) electrons. The molecule has 0 aliphatic heterocycles. The first-order valence-corrected chi connectivity index (χ1v) is 10.3. The number of carbonyl (C=O) groups is 2. The van der Waals surface area contributed by atoms with Crippen LogP contribution in [0.25, 0.3) is 0 Å². The van der Waals surface area contributed by atoms with Gasteiger partial charge in [-0.3, -0.25) is 9.59 Å². The van der Waals surface area contributed by atoms with E-state index in [0.29, 0.717) is 0 Å². The zero-order valence-corrected chi connectivity index (χ0v) is 16.9. The Labute approximate surface area is 158 Å². The van der Waals surface area contributed by atoms with Gasteiger partial charge in [0.25, 0.3) is 0 Å². The lowest BCUT2D eigenvalue weighted by molar-refractivity contribution is -0.128. The molecule has 148 valence electrons. The van der Waals surface area contributed by atoms with Crippen molar-refractivity contribution in [2.24, 2.45) is 10.2 Å². The van der Waals surface area contributed by atoms with Crippen molar-refractivity contribution in [2.75, 3.05) is 0 Å². The second kappa shape index (κ2) is 8.96. The van der Waals surface area contributed by atoms with Crippen LogP contribution < -0.4 is 10.6 Å². The van der Waals surface area contributed by atoms with E-state index >= 15 is 0 Å². The van der Waals surface area contributed by atoms with E-state index < -0.39 is 11.1 Å². The normalized spacial score (nSPS) is 20.9. The molecule has 0 aromatic heterocycles. The highest BCUT2D eigenvalue weighted by Gasteiger charge is 2.34. The predicted octanol–water partition coefficient (Wildman–Crippen LogP) is 3.89. The first-order chi connectivity index (χ1) is 12.2. The molecular formula is C20H36N4O2. The first-order valence-electron chi connectivity index (χ1n) is 10.3.